The summed E-state index contributed by atoms with van der Waals surface area (Å²) >= 11 is 0. The minimum absolute atomic E-state index is 0.0487. The molecule has 0 fully saturated rings. The van der Waals surface area contributed by atoms with Crippen LogP contribution in [-0.4, -0.2) is 14.8 Å². The van der Waals surface area contributed by atoms with Gasteiger partial charge in [0.25, 0.3) is 6.71 Å². The fourth-order valence-electron chi connectivity index (χ4n) is 7.85. The zero-order chi connectivity index (χ0) is 30.5. The first-order valence-corrected chi connectivity index (χ1v) is 17.9. The molecule has 2 aliphatic heterocycles. The molecule has 0 saturated heterocycles. The zero-order valence-electron chi connectivity index (χ0n) is 25.3. The zero-order valence-corrected chi connectivity index (χ0v) is 26.3. The fraction of sp³-hybridized carbons (Fsp3) is 0. The van der Waals surface area contributed by atoms with Gasteiger partial charge in [0.05, 0.1) is 0 Å². The van der Waals surface area contributed by atoms with Crippen molar-refractivity contribution in [2.75, 3.05) is 4.90 Å². The topological polar surface area (TPSA) is 12.5 Å². The summed E-state index contributed by atoms with van der Waals surface area (Å²) in [7, 11) is -2.68. The second-order valence-electron chi connectivity index (χ2n) is 12.1. The summed E-state index contributed by atoms with van der Waals surface area (Å²) in [5, 5.41) is 5.63. The van der Waals surface area contributed by atoms with Crippen LogP contribution in [0.1, 0.15) is 0 Å². The van der Waals surface area contributed by atoms with E-state index in [1.807, 2.05) is 0 Å². The van der Waals surface area contributed by atoms with E-state index in [-0.39, 0.29) is 6.71 Å². The molecule has 0 saturated carbocycles. The van der Waals surface area contributed by atoms with Crippen molar-refractivity contribution in [2.24, 2.45) is 0 Å². The van der Waals surface area contributed by atoms with E-state index in [0.717, 1.165) is 28.6 Å². The predicted molar refractivity (Wildman–Crippen MR) is 196 cm³/mol. The molecule has 0 aromatic heterocycles. The van der Waals surface area contributed by atoms with Crippen molar-refractivity contribution in [2.45, 2.75) is 0 Å². The molecule has 0 aliphatic carbocycles. The number of nitrogens with zero attached hydrogens (tertiary/aromatic N) is 1. The fourth-order valence-corrected chi connectivity index (χ4v) is 13.1. The molecule has 4 heteroatoms. The largest absolute Gasteiger partial charge is 0.458 e. The molecule has 2 aliphatic rings. The van der Waals surface area contributed by atoms with Gasteiger partial charge in [0, 0.05) is 17.1 Å². The summed E-state index contributed by atoms with van der Waals surface area (Å²) in [5.74, 6) is 1.88. The van der Waals surface area contributed by atoms with Gasteiger partial charge in [-0.05, 0) is 80.2 Å². The smallest absolute Gasteiger partial charge is 0.250 e. The Morgan fingerprint density at radius 3 is 1.59 bits per heavy atom. The Kier molecular flexibility index (Phi) is 6.29. The summed E-state index contributed by atoms with van der Waals surface area (Å²) in [5.41, 5.74) is 7.22. The van der Waals surface area contributed by atoms with Gasteiger partial charge >= 0.3 is 0 Å². The Labute approximate surface area is 271 Å². The second-order valence-corrected chi connectivity index (χ2v) is 15.8. The minimum Gasteiger partial charge on any atom is -0.458 e. The molecule has 0 bridgehead atoms. The minimum atomic E-state index is -2.68. The lowest BCUT2D eigenvalue weighted by molar-refractivity contribution is 0.488. The number of anilines is 3. The lowest BCUT2D eigenvalue weighted by atomic mass is 9.35. The number of hydrogen-bond acceptors (Lipinski definition) is 2. The van der Waals surface area contributed by atoms with Gasteiger partial charge in [0.2, 0.25) is 0 Å². The van der Waals surface area contributed by atoms with Gasteiger partial charge in [-0.25, -0.2) is 0 Å². The molecular weight excluding hydrogens is 573 g/mol. The molecule has 2 heterocycles. The molecular formula is C42H30BNOSi. The number of para-hydroxylation sites is 2. The number of hydrogen-bond donors (Lipinski definition) is 0. The van der Waals surface area contributed by atoms with Gasteiger partial charge in [-0.15, -0.1) is 0 Å². The maximum absolute atomic E-state index is 6.85. The van der Waals surface area contributed by atoms with Gasteiger partial charge in [-0.2, -0.15) is 0 Å². The third-order valence-corrected chi connectivity index (χ3v) is 14.6. The van der Waals surface area contributed by atoms with Crippen molar-refractivity contribution in [3.63, 3.8) is 0 Å². The highest BCUT2D eigenvalue weighted by molar-refractivity contribution is 7.26. The Hall–Kier alpha value is -5.58. The molecule has 0 radical (unpaired) electrons. The van der Waals surface area contributed by atoms with Crippen molar-refractivity contribution < 1.29 is 4.74 Å². The first-order valence-electron chi connectivity index (χ1n) is 15.9. The van der Waals surface area contributed by atoms with Gasteiger partial charge in [0.15, 0.2) is 8.07 Å². The van der Waals surface area contributed by atoms with Crippen molar-refractivity contribution in [1.82, 2.24) is 0 Å². The van der Waals surface area contributed by atoms with Crippen LogP contribution < -0.4 is 46.8 Å². The number of fused-ring (bicyclic) bond motifs is 4. The highest BCUT2D eigenvalue weighted by Crippen LogP contribution is 2.36. The van der Waals surface area contributed by atoms with E-state index in [4.69, 9.17) is 4.74 Å². The van der Waals surface area contributed by atoms with Gasteiger partial charge in [-0.3, -0.25) is 0 Å². The van der Waals surface area contributed by atoms with Crippen LogP contribution in [0.3, 0.4) is 0 Å². The van der Waals surface area contributed by atoms with E-state index in [1.54, 1.807) is 0 Å². The van der Waals surface area contributed by atoms with Crippen LogP contribution >= 0.6 is 0 Å². The number of benzene rings is 7. The van der Waals surface area contributed by atoms with Crippen LogP contribution in [0.5, 0.6) is 11.5 Å². The SMILES string of the molecule is c1ccc(N(c2ccccc2)c2ccc3c(c2)B2c4ccccc4[Si](c4ccccc4)(c4ccccc4)c4cccc(c42)O3)cc1. The number of rotatable bonds is 5. The molecule has 216 valence electrons. The summed E-state index contributed by atoms with van der Waals surface area (Å²) in [6.07, 6.45) is 0. The molecule has 0 spiro atoms. The van der Waals surface area contributed by atoms with Crippen LogP contribution in [0.2, 0.25) is 0 Å². The van der Waals surface area contributed by atoms with E-state index in [1.165, 1.54) is 37.1 Å². The summed E-state index contributed by atoms with van der Waals surface area (Å²) in [6.45, 7) is 0.0487. The van der Waals surface area contributed by atoms with Crippen LogP contribution in [0.25, 0.3) is 0 Å². The second kappa shape index (κ2) is 10.8. The van der Waals surface area contributed by atoms with Crippen LogP contribution in [-0.2, 0) is 0 Å². The Morgan fingerprint density at radius 1 is 0.413 bits per heavy atom. The monoisotopic (exact) mass is 603 g/mol. The average molecular weight is 604 g/mol. The van der Waals surface area contributed by atoms with E-state index < -0.39 is 8.07 Å². The number of ether oxygens (including phenoxy) is 1. The van der Waals surface area contributed by atoms with Gasteiger partial charge in [0.1, 0.15) is 11.5 Å². The molecule has 7 aromatic carbocycles. The maximum Gasteiger partial charge on any atom is 0.250 e. The maximum atomic E-state index is 6.85. The van der Waals surface area contributed by atoms with E-state index in [9.17, 15) is 0 Å². The van der Waals surface area contributed by atoms with Gasteiger partial charge in [-0.1, -0.05) is 139 Å². The quantitative estimate of drug-likeness (QED) is 0.242. The van der Waals surface area contributed by atoms with Crippen LogP contribution in [0.15, 0.2) is 182 Å². The molecule has 0 atom stereocenters. The predicted octanol–water partition coefficient (Wildman–Crippen LogP) is 5.47. The third-order valence-electron chi connectivity index (χ3n) is 9.66. The molecule has 0 amide bonds. The van der Waals surface area contributed by atoms with Crippen molar-refractivity contribution >= 4 is 69.0 Å². The lowest BCUT2D eigenvalue weighted by Gasteiger charge is -2.44. The van der Waals surface area contributed by atoms with Crippen LogP contribution in [0.4, 0.5) is 17.1 Å². The molecule has 0 unspecified atom stereocenters. The highest BCUT2D eigenvalue weighted by atomic mass is 28.3. The Balaban J connectivity index is 1.32. The average Bonchev–Trinajstić information content (AvgIpc) is 3.13. The van der Waals surface area contributed by atoms with E-state index in [0.29, 0.717) is 0 Å². The molecule has 46 heavy (non-hydrogen) atoms. The van der Waals surface area contributed by atoms with Crippen molar-refractivity contribution in [3.05, 3.63) is 182 Å². The summed E-state index contributed by atoms with van der Waals surface area (Å²) < 4.78 is 6.85. The Bertz CT molecular complexity index is 2110. The Morgan fingerprint density at radius 2 is 0.957 bits per heavy atom. The molecule has 0 N–H and O–H groups in total. The first-order chi connectivity index (χ1) is 22.8. The molecule has 2 nitrogen and oxygen atoms in total. The van der Waals surface area contributed by atoms with Crippen molar-refractivity contribution in [3.8, 4) is 11.5 Å². The van der Waals surface area contributed by atoms with E-state index >= 15 is 0 Å². The summed E-state index contributed by atoms with van der Waals surface area (Å²) in [6, 6.07) is 66.2. The summed E-state index contributed by atoms with van der Waals surface area (Å²) in [4.78, 5) is 2.34. The molecule has 7 aromatic rings. The van der Waals surface area contributed by atoms with Crippen LogP contribution in [0, 0.1) is 0 Å². The third kappa shape index (κ3) is 3.97. The first kappa shape index (κ1) is 26.8. The normalized spacial score (nSPS) is 13.5. The standard InChI is InChI=1S/C42H30BNOSi/c1-5-16-31(17-6-1)44(32-18-7-2-8-19-32)33-28-29-38-37(30-33)43-36-24-13-14-26-40(36)46(34-20-9-3-10-21-34,35-22-11-4-12-23-35)41-27-15-25-39(45-38)42(41)43/h1-30H. The van der Waals surface area contributed by atoms with Gasteiger partial charge < -0.3 is 9.64 Å². The van der Waals surface area contributed by atoms with E-state index in [2.05, 4.69) is 187 Å². The van der Waals surface area contributed by atoms with Crippen molar-refractivity contribution in [1.29, 1.82) is 0 Å². The highest BCUT2D eigenvalue weighted by Gasteiger charge is 2.52. The molecule has 9 rings (SSSR count). The lowest BCUT2D eigenvalue weighted by Crippen LogP contribution is -2.87.